The van der Waals surface area contributed by atoms with E-state index in [0.29, 0.717) is 31.0 Å². The van der Waals surface area contributed by atoms with Crippen molar-refractivity contribution in [3.05, 3.63) is 40.9 Å². The van der Waals surface area contributed by atoms with E-state index in [0.717, 1.165) is 24.0 Å². The van der Waals surface area contributed by atoms with Gasteiger partial charge in [0.2, 0.25) is 0 Å². The second-order valence-electron chi connectivity index (χ2n) is 7.38. The summed E-state index contributed by atoms with van der Waals surface area (Å²) in [4.78, 5) is 19.4. The van der Waals surface area contributed by atoms with E-state index in [1.54, 1.807) is 0 Å². The molecule has 1 amide bonds. The van der Waals surface area contributed by atoms with Crippen LogP contribution in [0.3, 0.4) is 0 Å². The fourth-order valence-electron chi connectivity index (χ4n) is 3.69. The number of carbonyl (C=O) groups excluding carboxylic acids is 1. The first-order valence-corrected chi connectivity index (χ1v) is 8.97. The fourth-order valence-corrected chi connectivity index (χ4v) is 3.69. The number of amides is 1. The molecule has 1 unspecified atom stereocenters. The molecule has 0 radical (unpaired) electrons. The lowest BCUT2D eigenvalue weighted by molar-refractivity contribution is 0.0617. The Bertz CT molecular complexity index is 788. The standard InChI is InChI=1S/C19H25N3O3/c1-12-6-16(13(2)25-12)19(23)22-7-15(10-24-9-14-4-5-14)18-17(8-22)20-11-21(18)3/h6,11,14-15H,4-5,7-10H2,1-3H3. The molecule has 3 heterocycles. The maximum Gasteiger partial charge on any atom is 0.257 e. The molecular formula is C19H25N3O3. The van der Waals surface area contributed by atoms with Gasteiger partial charge in [-0.2, -0.15) is 0 Å². The van der Waals surface area contributed by atoms with Crippen LogP contribution >= 0.6 is 0 Å². The van der Waals surface area contributed by atoms with Crippen LogP contribution in [0.1, 0.15) is 52.0 Å². The first-order chi connectivity index (χ1) is 12.0. The smallest absolute Gasteiger partial charge is 0.257 e. The van der Waals surface area contributed by atoms with Gasteiger partial charge in [-0.05, 0) is 38.7 Å². The zero-order valence-corrected chi connectivity index (χ0v) is 15.1. The highest BCUT2D eigenvalue weighted by molar-refractivity contribution is 5.95. The molecule has 2 aromatic heterocycles. The predicted octanol–water partition coefficient (Wildman–Crippen LogP) is 2.80. The molecule has 1 fully saturated rings. The quantitative estimate of drug-likeness (QED) is 0.837. The van der Waals surface area contributed by atoms with Crippen molar-refractivity contribution in [1.82, 2.24) is 14.5 Å². The lowest BCUT2D eigenvalue weighted by Gasteiger charge is -2.32. The average Bonchev–Trinajstić information content (AvgIpc) is 3.24. The number of fused-ring (bicyclic) bond motifs is 1. The Balaban J connectivity index is 1.54. The molecule has 1 aliphatic heterocycles. The highest BCUT2D eigenvalue weighted by Crippen LogP contribution is 2.32. The van der Waals surface area contributed by atoms with Gasteiger partial charge in [0.25, 0.3) is 5.91 Å². The normalized spacial score (nSPS) is 20.0. The van der Waals surface area contributed by atoms with Crippen LogP contribution in [0, 0.1) is 19.8 Å². The highest BCUT2D eigenvalue weighted by Gasteiger charge is 2.33. The number of imidazole rings is 1. The highest BCUT2D eigenvalue weighted by atomic mass is 16.5. The predicted molar refractivity (Wildman–Crippen MR) is 92.4 cm³/mol. The molecule has 0 bridgehead atoms. The second-order valence-corrected chi connectivity index (χ2v) is 7.38. The summed E-state index contributed by atoms with van der Waals surface area (Å²) < 4.78 is 13.5. The van der Waals surface area contributed by atoms with Crippen molar-refractivity contribution >= 4 is 5.91 Å². The number of nitrogens with zero attached hydrogens (tertiary/aromatic N) is 3. The Morgan fingerprint density at radius 3 is 2.84 bits per heavy atom. The Morgan fingerprint density at radius 1 is 1.36 bits per heavy atom. The van der Waals surface area contributed by atoms with Gasteiger partial charge < -0.3 is 18.6 Å². The Kier molecular flexibility index (Phi) is 4.15. The number of ether oxygens (including phenoxy) is 1. The van der Waals surface area contributed by atoms with Crippen LogP contribution in [0.2, 0.25) is 0 Å². The van der Waals surface area contributed by atoms with Crippen LogP contribution in [0.5, 0.6) is 0 Å². The summed E-state index contributed by atoms with van der Waals surface area (Å²) in [6.07, 6.45) is 4.40. The van der Waals surface area contributed by atoms with Gasteiger partial charge in [0.05, 0.1) is 30.7 Å². The molecule has 6 nitrogen and oxygen atoms in total. The third kappa shape index (κ3) is 3.23. The first kappa shape index (κ1) is 16.4. The Labute approximate surface area is 147 Å². The molecule has 1 aliphatic carbocycles. The van der Waals surface area contributed by atoms with E-state index in [-0.39, 0.29) is 11.8 Å². The van der Waals surface area contributed by atoms with Gasteiger partial charge in [-0.15, -0.1) is 0 Å². The van der Waals surface area contributed by atoms with Gasteiger partial charge in [0, 0.05) is 31.8 Å². The summed E-state index contributed by atoms with van der Waals surface area (Å²) in [6.45, 7) is 6.36. The fraction of sp³-hybridized carbons (Fsp3) is 0.579. The molecule has 134 valence electrons. The molecule has 0 N–H and O–H groups in total. The van der Waals surface area contributed by atoms with Crippen molar-refractivity contribution in [2.75, 3.05) is 19.8 Å². The van der Waals surface area contributed by atoms with Crippen molar-refractivity contribution in [3.8, 4) is 0 Å². The van der Waals surface area contributed by atoms with Gasteiger partial charge in [-0.1, -0.05) is 0 Å². The number of hydrogen-bond acceptors (Lipinski definition) is 4. The zero-order valence-electron chi connectivity index (χ0n) is 15.1. The number of furan rings is 1. The monoisotopic (exact) mass is 343 g/mol. The van der Waals surface area contributed by atoms with E-state index < -0.39 is 0 Å². The molecule has 1 saturated carbocycles. The number of aryl methyl sites for hydroxylation is 3. The summed E-state index contributed by atoms with van der Waals surface area (Å²) in [7, 11) is 2.01. The van der Waals surface area contributed by atoms with Crippen LogP contribution in [-0.2, 0) is 18.3 Å². The Hall–Kier alpha value is -2.08. The molecule has 25 heavy (non-hydrogen) atoms. The molecular weight excluding hydrogens is 318 g/mol. The van der Waals surface area contributed by atoms with Crippen LogP contribution in [0.25, 0.3) is 0 Å². The van der Waals surface area contributed by atoms with E-state index in [9.17, 15) is 4.79 Å². The van der Waals surface area contributed by atoms with Gasteiger partial charge in [0.15, 0.2) is 0 Å². The summed E-state index contributed by atoms with van der Waals surface area (Å²) in [6, 6.07) is 1.82. The van der Waals surface area contributed by atoms with Crippen LogP contribution < -0.4 is 0 Å². The Morgan fingerprint density at radius 2 is 2.16 bits per heavy atom. The largest absolute Gasteiger partial charge is 0.466 e. The SMILES string of the molecule is Cc1cc(C(=O)N2Cc3ncn(C)c3C(COCC3CC3)C2)c(C)o1. The number of hydrogen-bond donors (Lipinski definition) is 0. The molecule has 0 aromatic carbocycles. The lowest BCUT2D eigenvalue weighted by atomic mass is 9.98. The zero-order chi connectivity index (χ0) is 17.6. The molecule has 0 saturated heterocycles. The first-order valence-electron chi connectivity index (χ1n) is 8.97. The minimum absolute atomic E-state index is 0.0119. The molecule has 1 atom stereocenters. The van der Waals surface area contributed by atoms with Gasteiger partial charge in [-0.3, -0.25) is 4.79 Å². The lowest BCUT2D eigenvalue weighted by Crippen LogP contribution is -2.40. The van der Waals surface area contributed by atoms with E-state index in [1.165, 1.54) is 18.5 Å². The number of rotatable bonds is 5. The van der Waals surface area contributed by atoms with Gasteiger partial charge in [0.1, 0.15) is 11.5 Å². The third-order valence-corrected chi connectivity index (χ3v) is 5.16. The van der Waals surface area contributed by atoms with Crippen LogP contribution in [0.4, 0.5) is 0 Å². The van der Waals surface area contributed by atoms with Crippen LogP contribution in [0.15, 0.2) is 16.8 Å². The van der Waals surface area contributed by atoms with E-state index in [1.807, 2.05) is 38.2 Å². The van der Waals surface area contributed by atoms with Crippen LogP contribution in [-0.4, -0.2) is 40.1 Å². The van der Waals surface area contributed by atoms with E-state index >= 15 is 0 Å². The molecule has 6 heteroatoms. The number of carbonyl (C=O) groups is 1. The minimum Gasteiger partial charge on any atom is -0.466 e. The van der Waals surface area contributed by atoms with E-state index in [4.69, 9.17) is 9.15 Å². The summed E-state index contributed by atoms with van der Waals surface area (Å²) in [5, 5.41) is 0. The van der Waals surface area contributed by atoms with Crippen molar-refractivity contribution in [2.24, 2.45) is 13.0 Å². The van der Waals surface area contributed by atoms with Crippen molar-refractivity contribution in [1.29, 1.82) is 0 Å². The topological polar surface area (TPSA) is 60.5 Å². The number of aromatic nitrogens is 2. The van der Waals surface area contributed by atoms with Crippen molar-refractivity contribution < 1.29 is 13.9 Å². The van der Waals surface area contributed by atoms with Crippen molar-refractivity contribution in [2.45, 2.75) is 39.2 Å². The summed E-state index contributed by atoms with van der Waals surface area (Å²) in [5.41, 5.74) is 2.81. The average molecular weight is 343 g/mol. The third-order valence-electron chi connectivity index (χ3n) is 5.16. The molecule has 0 spiro atoms. The molecule has 2 aromatic rings. The minimum atomic E-state index is 0.0119. The van der Waals surface area contributed by atoms with Gasteiger partial charge in [-0.25, -0.2) is 4.98 Å². The van der Waals surface area contributed by atoms with Gasteiger partial charge >= 0.3 is 0 Å². The van der Waals surface area contributed by atoms with Crippen molar-refractivity contribution in [3.63, 3.8) is 0 Å². The maximum absolute atomic E-state index is 13.0. The molecule has 2 aliphatic rings. The summed E-state index contributed by atoms with van der Waals surface area (Å²) >= 11 is 0. The molecule has 4 rings (SSSR count). The summed E-state index contributed by atoms with van der Waals surface area (Å²) in [5.74, 6) is 2.35. The maximum atomic E-state index is 13.0. The second kappa shape index (κ2) is 6.33. The van der Waals surface area contributed by atoms with E-state index in [2.05, 4.69) is 9.55 Å².